The first kappa shape index (κ1) is 23.3. The second-order valence-corrected chi connectivity index (χ2v) is 8.79. The van der Waals surface area contributed by atoms with Gasteiger partial charge in [-0.3, -0.25) is 19.3 Å². The molecular weight excluding hydrogens is 452 g/mol. The first-order valence-electron chi connectivity index (χ1n) is 11.9. The Morgan fingerprint density at radius 3 is 2.08 bits per heavy atom. The number of hydrogen-bond acceptors (Lipinski definition) is 4. The summed E-state index contributed by atoms with van der Waals surface area (Å²) in [6, 6.07) is 25.7. The SMILES string of the molecule is COc1ccc(N(CCCN2C(=O)c3cccc4cccc(c34)C2=O)C(=O)c2ccccc2C)cc1. The van der Waals surface area contributed by atoms with Crippen molar-refractivity contribution in [1.82, 2.24) is 4.90 Å². The summed E-state index contributed by atoms with van der Waals surface area (Å²) in [6.07, 6.45) is 0.430. The molecular formula is C30H26N2O4. The summed E-state index contributed by atoms with van der Waals surface area (Å²) in [6.45, 7) is 2.45. The number of carbonyl (C=O) groups is 3. The van der Waals surface area contributed by atoms with E-state index in [-0.39, 0.29) is 24.3 Å². The van der Waals surface area contributed by atoms with Gasteiger partial charge in [0.1, 0.15) is 5.75 Å². The van der Waals surface area contributed by atoms with E-state index >= 15 is 0 Å². The van der Waals surface area contributed by atoms with E-state index in [1.807, 2.05) is 79.7 Å². The molecule has 0 spiro atoms. The molecule has 0 aromatic heterocycles. The predicted octanol–water partition coefficient (Wildman–Crippen LogP) is 5.49. The summed E-state index contributed by atoms with van der Waals surface area (Å²) < 4.78 is 5.26. The van der Waals surface area contributed by atoms with Crippen LogP contribution in [-0.4, -0.2) is 42.8 Å². The number of amides is 3. The maximum atomic E-state index is 13.6. The van der Waals surface area contributed by atoms with Crippen LogP contribution in [0.5, 0.6) is 5.75 Å². The van der Waals surface area contributed by atoms with Crippen LogP contribution in [0.2, 0.25) is 0 Å². The Bertz CT molecular complexity index is 1430. The lowest BCUT2D eigenvalue weighted by molar-refractivity contribution is 0.0610. The summed E-state index contributed by atoms with van der Waals surface area (Å²) in [4.78, 5) is 43.0. The van der Waals surface area contributed by atoms with E-state index in [0.717, 1.165) is 16.6 Å². The van der Waals surface area contributed by atoms with Gasteiger partial charge >= 0.3 is 0 Å². The van der Waals surface area contributed by atoms with Crippen LogP contribution in [0, 0.1) is 6.92 Å². The molecule has 6 heteroatoms. The molecule has 0 bridgehead atoms. The standard InChI is InChI=1S/C30H26N2O4/c1-20-8-3-4-11-24(20)28(33)31(22-14-16-23(36-2)17-15-22)18-7-19-32-29(34)25-12-5-9-21-10-6-13-26(27(21)25)30(32)35/h3-6,8-17H,7,18-19H2,1-2H3. The predicted molar refractivity (Wildman–Crippen MR) is 140 cm³/mol. The third kappa shape index (κ3) is 4.11. The molecule has 1 aliphatic heterocycles. The Hall–Kier alpha value is -4.45. The van der Waals surface area contributed by atoms with Crippen molar-refractivity contribution in [3.05, 3.63) is 107 Å². The van der Waals surface area contributed by atoms with Crippen LogP contribution in [0.4, 0.5) is 5.69 Å². The molecule has 6 nitrogen and oxygen atoms in total. The molecule has 5 rings (SSSR count). The van der Waals surface area contributed by atoms with Crippen molar-refractivity contribution < 1.29 is 19.1 Å². The fourth-order valence-electron chi connectivity index (χ4n) is 4.74. The third-order valence-electron chi connectivity index (χ3n) is 6.62. The number of benzene rings is 4. The molecule has 1 heterocycles. The Morgan fingerprint density at radius 2 is 1.47 bits per heavy atom. The molecule has 0 saturated heterocycles. The van der Waals surface area contributed by atoms with Crippen LogP contribution < -0.4 is 9.64 Å². The molecule has 0 saturated carbocycles. The average Bonchev–Trinajstić information content (AvgIpc) is 2.91. The van der Waals surface area contributed by atoms with Crippen molar-refractivity contribution in [1.29, 1.82) is 0 Å². The van der Waals surface area contributed by atoms with E-state index in [1.165, 1.54) is 4.90 Å². The van der Waals surface area contributed by atoms with Crippen molar-refractivity contribution >= 4 is 34.2 Å². The zero-order valence-electron chi connectivity index (χ0n) is 20.2. The molecule has 36 heavy (non-hydrogen) atoms. The van der Waals surface area contributed by atoms with Gasteiger partial charge in [0.15, 0.2) is 0 Å². The second kappa shape index (κ2) is 9.66. The molecule has 180 valence electrons. The quantitative estimate of drug-likeness (QED) is 0.330. The number of anilines is 1. The monoisotopic (exact) mass is 478 g/mol. The maximum absolute atomic E-state index is 13.6. The van der Waals surface area contributed by atoms with Crippen LogP contribution in [0.3, 0.4) is 0 Å². The maximum Gasteiger partial charge on any atom is 0.261 e. The molecule has 0 unspecified atom stereocenters. The summed E-state index contributed by atoms with van der Waals surface area (Å²) in [7, 11) is 1.59. The number of imide groups is 1. The van der Waals surface area contributed by atoms with E-state index in [1.54, 1.807) is 24.1 Å². The molecule has 0 radical (unpaired) electrons. The van der Waals surface area contributed by atoms with Gasteiger partial charge in [0.05, 0.1) is 7.11 Å². The van der Waals surface area contributed by atoms with Crippen LogP contribution in [0.25, 0.3) is 10.8 Å². The molecule has 3 amide bonds. The van der Waals surface area contributed by atoms with Crippen LogP contribution in [0.1, 0.15) is 43.1 Å². The highest BCUT2D eigenvalue weighted by molar-refractivity contribution is 6.25. The van der Waals surface area contributed by atoms with Gasteiger partial charge in [0, 0.05) is 40.9 Å². The lowest BCUT2D eigenvalue weighted by atomic mass is 9.94. The topological polar surface area (TPSA) is 66.9 Å². The average molecular weight is 479 g/mol. The van der Waals surface area contributed by atoms with E-state index < -0.39 is 0 Å². The number of ether oxygens (including phenoxy) is 1. The molecule has 1 aliphatic rings. The van der Waals surface area contributed by atoms with Gasteiger partial charge in [-0.2, -0.15) is 0 Å². The smallest absolute Gasteiger partial charge is 0.261 e. The number of carbonyl (C=O) groups excluding carboxylic acids is 3. The van der Waals surface area contributed by atoms with Crippen molar-refractivity contribution in [3.8, 4) is 5.75 Å². The third-order valence-corrected chi connectivity index (χ3v) is 6.62. The molecule has 0 fully saturated rings. The Kier molecular flexibility index (Phi) is 6.25. The fraction of sp³-hybridized carbons (Fsp3) is 0.167. The van der Waals surface area contributed by atoms with Gasteiger partial charge in [-0.05, 0) is 66.8 Å². The number of rotatable bonds is 7. The van der Waals surface area contributed by atoms with Gasteiger partial charge in [-0.25, -0.2) is 0 Å². The lowest BCUT2D eigenvalue weighted by Crippen LogP contribution is -2.42. The van der Waals surface area contributed by atoms with Gasteiger partial charge in [-0.1, -0.05) is 42.5 Å². The van der Waals surface area contributed by atoms with Crippen LogP contribution in [-0.2, 0) is 0 Å². The molecule has 0 atom stereocenters. The highest BCUT2D eigenvalue weighted by atomic mass is 16.5. The first-order chi connectivity index (χ1) is 17.5. The Labute approximate surface area is 209 Å². The first-order valence-corrected chi connectivity index (χ1v) is 11.9. The molecule has 0 aliphatic carbocycles. The van der Waals surface area contributed by atoms with E-state index in [0.29, 0.717) is 40.8 Å². The van der Waals surface area contributed by atoms with E-state index in [2.05, 4.69) is 0 Å². The Balaban J connectivity index is 1.39. The number of aryl methyl sites for hydroxylation is 1. The van der Waals surface area contributed by atoms with Crippen molar-refractivity contribution in [2.75, 3.05) is 25.1 Å². The van der Waals surface area contributed by atoms with E-state index in [9.17, 15) is 14.4 Å². The van der Waals surface area contributed by atoms with Gasteiger partial charge in [0.2, 0.25) is 0 Å². The van der Waals surface area contributed by atoms with Gasteiger partial charge in [0.25, 0.3) is 17.7 Å². The summed E-state index contributed by atoms with van der Waals surface area (Å²) in [5, 5.41) is 1.58. The zero-order valence-corrected chi connectivity index (χ0v) is 20.2. The number of hydrogen-bond donors (Lipinski definition) is 0. The molecule has 4 aromatic carbocycles. The largest absolute Gasteiger partial charge is 0.497 e. The Morgan fingerprint density at radius 1 is 0.833 bits per heavy atom. The van der Waals surface area contributed by atoms with Crippen LogP contribution >= 0.6 is 0 Å². The zero-order chi connectivity index (χ0) is 25.2. The number of nitrogens with zero attached hydrogens (tertiary/aromatic N) is 2. The van der Waals surface area contributed by atoms with Gasteiger partial charge < -0.3 is 9.64 Å². The van der Waals surface area contributed by atoms with Crippen molar-refractivity contribution in [2.24, 2.45) is 0 Å². The normalized spacial score (nSPS) is 12.7. The van der Waals surface area contributed by atoms with Gasteiger partial charge in [-0.15, -0.1) is 0 Å². The minimum atomic E-state index is -0.300. The molecule has 4 aromatic rings. The minimum absolute atomic E-state index is 0.135. The van der Waals surface area contributed by atoms with E-state index in [4.69, 9.17) is 4.74 Å². The summed E-state index contributed by atoms with van der Waals surface area (Å²) in [5.41, 5.74) is 3.28. The highest BCUT2D eigenvalue weighted by Crippen LogP contribution is 2.30. The van der Waals surface area contributed by atoms with Crippen molar-refractivity contribution in [3.63, 3.8) is 0 Å². The summed E-state index contributed by atoms with van der Waals surface area (Å²) in [5.74, 6) is -0.0416. The minimum Gasteiger partial charge on any atom is -0.497 e. The highest BCUT2D eigenvalue weighted by Gasteiger charge is 2.32. The van der Waals surface area contributed by atoms with Crippen LogP contribution in [0.15, 0.2) is 84.9 Å². The number of methoxy groups -OCH3 is 1. The second-order valence-electron chi connectivity index (χ2n) is 8.79. The fourth-order valence-corrected chi connectivity index (χ4v) is 4.74. The molecule has 0 N–H and O–H groups in total. The lowest BCUT2D eigenvalue weighted by Gasteiger charge is -2.29. The van der Waals surface area contributed by atoms with Crippen molar-refractivity contribution in [2.45, 2.75) is 13.3 Å². The summed E-state index contributed by atoms with van der Waals surface area (Å²) >= 11 is 0.